The molecule has 26 heavy (non-hydrogen) atoms. The molecule has 149 valence electrons. The number of ether oxygens (including phenoxy) is 1. The normalized spacial score (nSPS) is 8.65. The van der Waals surface area contributed by atoms with Crippen LogP contribution in [0.2, 0.25) is 0 Å². The minimum absolute atomic E-state index is 0. The Bertz CT molecular complexity index is 274. The van der Waals surface area contributed by atoms with Crippen molar-refractivity contribution in [2.75, 3.05) is 6.61 Å². The minimum Gasteiger partial charge on any atom is 0 e. The van der Waals surface area contributed by atoms with Crippen LogP contribution in [0.3, 0.4) is 0 Å². The van der Waals surface area contributed by atoms with Crippen molar-refractivity contribution in [2.45, 2.75) is 70.8 Å². The monoisotopic (exact) mass is 408 g/mol. The Morgan fingerprint density at radius 3 is 1.69 bits per heavy atom. The van der Waals surface area contributed by atoms with Crippen LogP contribution in [0.15, 0.2) is 0 Å². The van der Waals surface area contributed by atoms with Gasteiger partial charge in [-0.25, -0.2) is 0 Å². The second-order valence-corrected chi connectivity index (χ2v) is 4.94. The summed E-state index contributed by atoms with van der Waals surface area (Å²) < 4.78 is 27.8. The van der Waals surface area contributed by atoms with E-state index in [0.717, 1.165) is 51.4 Å². The van der Waals surface area contributed by atoms with Crippen molar-refractivity contribution in [1.82, 2.24) is 0 Å². The molecule has 0 aliphatic heterocycles. The van der Waals surface area contributed by atoms with Crippen LogP contribution in [0, 0.1) is 39.2 Å². The van der Waals surface area contributed by atoms with E-state index in [1.807, 2.05) is 6.42 Å². The van der Waals surface area contributed by atoms with Crippen molar-refractivity contribution in [3.05, 3.63) is 39.2 Å². The van der Waals surface area contributed by atoms with Crippen LogP contribution in [-0.4, -0.2) is 23.8 Å². The Labute approximate surface area is 169 Å². The molecule has 0 saturated heterocycles. The molecule has 0 aliphatic carbocycles. The number of rotatable bonds is 14. The number of aliphatic hydroxyl groups is 1. The van der Waals surface area contributed by atoms with Crippen molar-refractivity contribution in [1.29, 1.82) is 0 Å². The number of carbonyl (C=O) groups excluding carboxylic acids is 1. The average Bonchev–Trinajstić information content (AvgIpc) is 2.67. The molecule has 0 bridgehead atoms. The van der Waals surface area contributed by atoms with Gasteiger partial charge >= 0.3 is 33.9 Å². The van der Waals surface area contributed by atoms with Crippen LogP contribution in [0.4, 0.5) is 0 Å². The van der Waals surface area contributed by atoms with Crippen LogP contribution in [0.25, 0.3) is 0 Å². The molecule has 0 rings (SSSR count). The van der Waals surface area contributed by atoms with Gasteiger partial charge in [-0.2, -0.15) is 0 Å². The van der Waals surface area contributed by atoms with E-state index < -0.39 is 5.60 Å². The summed E-state index contributed by atoms with van der Waals surface area (Å²) in [5, 5.41) is 8.80. The van der Waals surface area contributed by atoms with Gasteiger partial charge in [-0.05, 0) is 38.5 Å². The second kappa shape index (κ2) is 35.3. The summed E-state index contributed by atoms with van der Waals surface area (Å²) in [6.45, 7) is 19.4. The van der Waals surface area contributed by atoms with Gasteiger partial charge in [-0.15, -0.1) is 0 Å². The Morgan fingerprint density at radius 2 is 1.38 bits per heavy atom. The van der Waals surface area contributed by atoms with E-state index in [4.69, 9.17) is 23.8 Å². The van der Waals surface area contributed by atoms with Gasteiger partial charge in [0.15, 0.2) is 0 Å². The molecule has 3 radical (unpaired) electrons. The number of hydrogen-bond acceptors (Lipinski definition) is 3. The fraction of sp³-hybridized carbons (Fsp3) is 0.632. The maximum absolute atomic E-state index is 10.7. The SMILES string of the molecule is CCCCCC([CH][CH][CH]CO)(CCCCC)O[C-]=O.[C-]#[O+].[C-]#[O+].[C-]#[O+].[Fe]. The minimum atomic E-state index is -0.544. The largest absolute Gasteiger partial charge is 0 e. The van der Waals surface area contributed by atoms with E-state index in [1.165, 1.54) is 0 Å². The van der Waals surface area contributed by atoms with Crippen molar-refractivity contribution >= 4 is 6.47 Å². The summed E-state index contributed by atoms with van der Waals surface area (Å²) in [6, 6.07) is 0. The molecular weight excluding hydrogens is 380 g/mol. The van der Waals surface area contributed by atoms with Crippen LogP contribution in [0.5, 0.6) is 0 Å². The standard InChI is InChI=1S/C16H28O3.3CO.Fe/c1-3-5-7-11-16(19-15-18,12-8-6-4-2)13-9-10-14-17;3*1-2;/h9-10,13,17H,3-8,11-12,14H2,1-2H3;;;;/q-1;;;;. The van der Waals surface area contributed by atoms with E-state index in [1.54, 1.807) is 19.3 Å². The third-order valence-electron chi connectivity index (χ3n) is 3.29. The van der Waals surface area contributed by atoms with Crippen LogP contribution < -0.4 is 0 Å². The molecule has 0 spiro atoms. The van der Waals surface area contributed by atoms with E-state index in [0.29, 0.717) is 0 Å². The molecule has 0 amide bonds. The van der Waals surface area contributed by atoms with Crippen molar-refractivity contribution < 1.29 is 45.7 Å². The zero-order valence-electron chi connectivity index (χ0n) is 15.4. The molecular formula is C19H28FeO6-. The van der Waals surface area contributed by atoms with E-state index >= 15 is 0 Å². The van der Waals surface area contributed by atoms with Gasteiger partial charge in [0, 0.05) is 30.1 Å². The third-order valence-corrected chi connectivity index (χ3v) is 3.29. The van der Waals surface area contributed by atoms with Gasteiger partial charge in [-0.3, -0.25) is 0 Å². The summed E-state index contributed by atoms with van der Waals surface area (Å²) >= 11 is 0. The number of hydrogen-bond donors (Lipinski definition) is 1. The first-order chi connectivity index (χ1) is 12.2. The molecule has 0 aliphatic rings. The maximum Gasteiger partial charge on any atom is 0 e. The smallest absolute Gasteiger partial charge is 0 e. The van der Waals surface area contributed by atoms with Gasteiger partial charge in [0.25, 0.3) is 0 Å². The number of unbranched alkanes of at least 4 members (excludes halogenated alkanes) is 5. The molecule has 0 atom stereocenters. The first-order valence-corrected chi connectivity index (χ1v) is 8.03. The molecule has 0 aromatic carbocycles. The molecule has 0 aromatic heterocycles. The number of aliphatic hydroxyl groups excluding tert-OH is 1. The zero-order valence-corrected chi connectivity index (χ0v) is 16.5. The molecule has 0 fully saturated rings. The molecule has 1 N–H and O–H groups in total. The summed E-state index contributed by atoms with van der Waals surface area (Å²) in [7, 11) is 0. The third kappa shape index (κ3) is 25.4. The van der Waals surface area contributed by atoms with Gasteiger partial charge in [0.2, 0.25) is 0 Å². The quantitative estimate of drug-likeness (QED) is 0.206. The van der Waals surface area contributed by atoms with E-state index in [9.17, 15) is 4.79 Å². The summed E-state index contributed by atoms with van der Waals surface area (Å²) in [6.07, 6.45) is 13.6. The maximum atomic E-state index is 10.7. The average molecular weight is 408 g/mol. The molecule has 0 aromatic rings. The molecule has 6 nitrogen and oxygen atoms in total. The van der Waals surface area contributed by atoms with Gasteiger partial charge < -0.3 is 14.6 Å². The topological polar surface area (TPSA) is 106 Å². The predicted molar refractivity (Wildman–Crippen MR) is 89.6 cm³/mol. The van der Waals surface area contributed by atoms with Crippen LogP contribution in [-0.2, 0) is 40.6 Å². The molecule has 7 heteroatoms. The summed E-state index contributed by atoms with van der Waals surface area (Å²) in [5.74, 6) is 0. The Hall–Kier alpha value is -0.831. The van der Waals surface area contributed by atoms with E-state index in [2.05, 4.69) is 33.8 Å². The van der Waals surface area contributed by atoms with Gasteiger partial charge in [0.1, 0.15) is 0 Å². The fourth-order valence-electron chi connectivity index (χ4n) is 2.16. The summed E-state index contributed by atoms with van der Waals surface area (Å²) in [4.78, 5) is 10.7. The van der Waals surface area contributed by atoms with Gasteiger partial charge in [-0.1, -0.05) is 46.0 Å². The molecule has 0 unspecified atom stereocenters. The van der Waals surface area contributed by atoms with E-state index in [-0.39, 0.29) is 23.7 Å². The molecule has 0 heterocycles. The summed E-state index contributed by atoms with van der Waals surface area (Å²) in [5.41, 5.74) is -0.544. The van der Waals surface area contributed by atoms with Crippen LogP contribution in [0.1, 0.15) is 65.2 Å². The van der Waals surface area contributed by atoms with Crippen molar-refractivity contribution in [3.8, 4) is 0 Å². The predicted octanol–water partition coefficient (Wildman–Crippen LogP) is 3.46. The van der Waals surface area contributed by atoms with Crippen LogP contribution >= 0.6 is 0 Å². The first-order valence-electron chi connectivity index (χ1n) is 8.03. The Kier molecular flexibility index (Phi) is 49.1. The molecule has 0 saturated carbocycles. The fourth-order valence-corrected chi connectivity index (χ4v) is 2.16. The first kappa shape index (κ1) is 36.1. The Morgan fingerprint density at radius 1 is 0.962 bits per heavy atom. The zero-order chi connectivity index (χ0) is 20.4. The van der Waals surface area contributed by atoms with Crippen molar-refractivity contribution in [2.24, 2.45) is 0 Å². The van der Waals surface area contributed by atoms with Gasteiger partial charge in [0.05, 0.1) is 5.60 Å². The Balaban J connectivity index is -0.000000189. The van der Waals surface area contributed by atoms with Crippen molar-refractivity contribution in [3.63, 3.8) is 0 Å². The second-order valence-electron chi connectivity index (χ2n) is 4.94.